The van der Waals surface area contributed by atoms with Gasteiger partial charge in [-0.05, 0) is 43.5 Å². The van der Waals surface area contributed by atoms with Gasteiger partial charge < -0.3 is 14.6 Å². The molecule has 0 saturated heterocycles. The molecule has 7 nitrogen and oxygen atoms in total. The fraction of sp³-hybridized carbons (Fsp3) is 0.296. The molecule has 0 spiro atoms. The van der Waals surface area contributed by atoms with Crippen LogP contribution in [0.1, 0.15) is 48.7 Å². The summed E-state index contributed by atoms with van der Waals surface area (Å²) in [6.45, 7) is 6.49. The Hall–Kier alpha value is -3.63. The minimum absolute atomic E-state index is 0.229. The number of carboxylic acid groups (broad SMARTS) is 1. The molecule has 1 heterocycles. The van der Waals surface area contributed by atoms with E-state index in [4.69, 9.17) is 14.6 Å². The van der Waals surface area contributed by atoms with Crippen molar-refractivity contribution >= 4 is 34.4 Å². The highest BCUT2D eigenvalue weighted by molar-refractivity contribution is 7.14. The summed E-state index contributed by atoms with van der Waals surface area (Å²) in [6.07, 6.45) is 1.82. The van der Waals surface area contributed by atoms with E-state index < -0.39 is 29.1 Å². The van der Waals surface area contributed by atoms with Gasteiger partial charge in [-0.2, -0.15) is 0 Å². The van der Waals surface area contributed by atoms with E-state index >= 15 is 0 Å². The molecule has 0 radical (unpaired) electrons. The molecule has 37 heavy (non-hydrogen) atoms. The number of nitrogens with zero attached hydrogens (tertiary/aromatic N) is 1. The van der Waals surface area contributed by atoms with Gasteiger partial charge in [0.1, 0.15) is 17.4 Å². The number of carbonyl (C=O) groups is 2. The van der Waals surface area contributed by atoms with Gasteiger partial charge in [0, 0.05) is 39.8 Å². The van der Waals surface area contributed by atoms with E-state index in [0.29, 0.717) is 36.1 Å². The van der Waals surface area contributed by atoms with Crippen LogP contribution in [0.25, 0.3) is 17.3 Å². The second-order valence-electron chi connectivity index (χ2n) is 8.71. The highest BCUT2D eigenvalue weighted by Gasteiger charge is 2.18. The van der Waals surface area contributed by atoms with Crippen LogP contribution < -0.4 is 10.1 Å². The Bertz CT molecular complexity index is 1300. The van der Waals surface area contributed by atoms with Crippen LogP contribution in [0.2, 0.25) is 0 Å². The van der Waals surface area contributed by atoms with Crippen molar-refractivity contribution in [3.05, 3.63) is 69.6 Å². The number of hydrogen-bond acceptors (Lipinski definition) is 6. The summed E-state index contributed by atoms with van der Waals surface area (Å²) in [5, 5.41) is 13.4. The number of rotatable bonds is 11. The second-order valence-corrected chi connectivity index (χ2v) is 9.57. The molecule has 1 aromatic heterocycles. The molecular formula is C27H28F2N2O5S. The predicted molar refractivity (Wildman–Crippen MR) is 139 cm³/mol. The van der Waals surface area contributed by atoms with Gasteiger partial charge in [-0.25, -0.2) is 18.6 Å². The predicted octanol–water partition coefficient (Wildman–Crippen LogP) is 6.40. The Labute approximate surface area is 217 Å². The number of halogens is 2. The average Bonchev–Trinajstić information content (AvgIpc) is 3.31. The number of anilines is 1. The van der Waals surface area contributed by atoms with Crippen molar-refractivity contribution in [2.75, 3.05) is 19.0 Å². The molecule has 0 fully saturated rings. The van der Waals surface area contributed by atoms with Crippen molar-refractivity contribution in [2.45, 2.75) is 33.8 Å². The van der Waals surface area contributed by atoms with E-state index in [0.717, 1.165) is 41.5 Å². The number of nitrogens with one attached hydrogen (secondary N) is 1. The molecule has 3 rings (SSSR count). The maximum absolute atomic E-state index is 14.4. The summed E-state index contributed by atoms with van der Waals surface area (Å²) >= 11 is 1.15. The first kappa shape index (κ1) is 27.9. The first-order valence-corrected chi connectivity index (χ1v) is 12.4. The monoisotopic (exact) mass is 530 g/mol. The molecule has 3 aromatic rings. The summed E-state index contributed by atoms with van der Waals surface area (Å²) in [5.74, 6) is -3.02. The Morgan fingerprint density at radius 2 is 1.92 bits per heavy atom. The van der Waals surface area contributed by atoms with Gasteiger partial charge in [-0.1, -0.05) is 26.0 Å². The number of amides is 1. The van der Waals surface area contributed by atoms with E-state index in [-0.39, 0.29) is 16.3 Å². The number of benzene rings is 2. The van der Waals surface area contributed by atoms with Crippen molar-refractivity contribution in [1.82, 2.24) is 4.98 Å². The highest BCUT2D eigenvalue weighted by atomic mass is 32.1. The fourth-order valence-electron chi connectivity index (χ4n) is 3.40. The van der Waals surface area contributed by atoms with E-state index in [9.17, 15) is 18.4 Å². The molecule has 2 N–H and O–H groups in total. The van der Waals surface area contributed by atoms with Crippen LogP contribution in [0.15, 0.2) is 41.3 Å². The maximum Gasteiger partial charge on any atom is 0.331 e. The molecular weight excluding hydrogens is 502 g/mol. The van der Waals surface area contributed by atoms with E-state index in [1.54, 1.807) is 12.5 Å². The molecule has 0 aliphatic heterocycles. The van der Waals surface area contributed by atoms with Gasteiger partial charge in [0.05, 0.1) is 19.4 Å². The SMILES string of the molecule is COc1c(COCCC(C)C)cccc1-c1csc(NC(=O)c2cc(F)c(C=C(C)C(=O)O)c(F)c2)n1. The summed E-state index contributed by atoms with van der Waals surface area (Å²) in [7, 11) is 1.56. The smallest absolute Gasteiger partial charge is 0.331 e. The number of thiazole rings is 1. The topological polar surface area (TPSA) is 97.8 Å². The van der Waals surface area contributed by atoms with E-state index in [1.165, 1.54) is 6.92 Å². The summed E-state index contributed by atoms with van der Waals surface area (Å²) < 4.78 is 40.3. The van der Waals surface area contributed by atoms with Gasteiger partial charge in [-0.3, -0.25) is 10.1 Å². The number of carbonyl (C=O) groups excluding carboxylic acids is 1. The van der Waals surface area contributed by atoms with Crippen LogP contribution in [-0.2, 0) is 16.1 Å². The lowest BCUT2D eigenvalue weighted by molar-refractivity contribution is -0.132. The number of hydrogen-bond donors (Lipinski definition) is 2. The van der Waals surface area contributed by atoms with Crippen molar-refractivity contribution in [3.8, 4) is 17.0 Å². The third kappa shape index (κ3) is 7.21. The third-order valence-electron chi connectivity index (χ3n) is 5.44. The molecule has 0 aliphatic carbocycles. The largest absolute Gasteiger partial charge is 0.496 e. The number of ether oxygens (including phenoxy) is 2. The highest BCUT2D eigenvalue weighted by Crippen LogP contribution is 2.35. The maximum atomic E-state index is 14.4. The van der Waals surface area contributed by atoms with Crippen molar-refractivity contribution in [1.29, 1.82) is 0 Å². The molecule has 2 aromatic carbocycles. The lowest BCUT2D eigenvalue weighted by Crippen LogP contribution is -2.13. The third-order valence-corrected chi connectivity index (χ3v) is 6.20. The van der Waals surface area contributed by atoms with Gasteiger partial charge in [0.15, 0.2) is 5.13 Å². The van der Waals surface area contributed by atoms with E-state index in [2.05, 4.69) is 24.1 Å². The van der Waals surface area contributed by atoms with Crippen molar-refractivity contribution < 1.29 is 33.0 Å². The standard InChI is InChI=1S/C27H28F2N2O5S/c1-15(2)8-9-36-13-17-6-5-7-19(24(17)35-4)23-14-37-27(30-23)31-25(32)18-11-21(28)20(22(29)12-18)10-16(3)26(33)34/h5-7,10-12,14-15H,8-9,13H2,1-4H3,(H,33,34)(H,30,31,32). The van der Waals surface area contributed by atoms with Gasteiger partial charge in [0.2, 0.25) is 0 Å². The summed E-state index contributed by atoms with van der Waals surface area (Å²) in [6, 6.07) is 7.31. The molecule has 0 atom stereocenters. The fourth-order valence-corrected chi connectivity index (χ4v) is 4.10. The van der Waals surface area contributed by atoms with Crippen molar-refractivity contribution in [3.63, 3.8) is 0 Å². The lowest BCUT2D eigenvalue weighted by atomic mass is 10.1. The van der Waals surface area contributed by atoms with Crippen LogP contribution in [0.5, 0.6) is 5.75 Å². The number of aromatic nitrogens is 1. The Balaban J connectivity index is 1.77. The second kappa shape index (κ2) is 12.6. The normalized spacial score (nSPS) is 11.6. The number of carboxylic acids is 1. The number of methoxy groups -OCH3 is 1. The number of aliphatic carboxylic acids is 1. The number of para-hydroxylation sites is 1. The Morgan fingerprint density at radius 3 is 2.54 bits per heavy atom. The molecule has 1 amide bonds. The first-order chi connectivity index (χ1) is 17.6. The lowest BCUT2D eigenvalue weighted by Gasteiger charge is -2.13. The minimum atomic E-state index is -1.30. The van der Waals surface area contributed by atoms with Crippen LogP contribution in [0.3, 0.4) is 0 Å². The zero-order valence-corrected chi connectivity index (χ0v) is 21.7. The molecule has 0 unspecified atom stereocenters. The molecule has 0 aliphatic rings. The summed E-state index contributed by atoms with van der Waals surface area (Å²) in [5.41, 5.74) is 1.09. The minimum Gasteiger partial charge on any atom is -0.496 e. The quantitative estimate of drug-likeness (QED) is 0.220. The zero-order chi connectivity index (χ0) is 27.1. The van der Waals surface area contributed by atoms with Crippen LogP contribution in [0, 0.1) is 17.6 Å². The summed E-state index contributed by atoms with van der Waals surface area (Å²) in [4.78, 5) is 28.0. The van der Waals surface area contributed by atoms with Gasteiger partial charge >= 0.3 is 5.97 Å². The van der Waals surface area contributed by atoms with Crippen molar-refractivity contribution in [2.24, 2.45) is 5.92 Å². The molecule has 10 heteroatoms. The average molecular weight is 531 g/mol. The van der Waals surface area contributed by atoms with E-state index in [1.807, 2.05) is 18.2 Å². The van der Waals surface area contributed by atoms with Crippen LogP contribution in [-0.4, -0.2) is 35.7 Å². The van der Waals surface area contributed by atoms with Gasteiger partial charge in [-0.15, -0.1) is 11.3 Å². The Kier molecular flexibility index (Phi) is 9.48. The van der Waals surface area contributed by atoms with Crippen LogP contribution >= 0.6 is 11.3 Å². The first-order valence-electron chi connectivity index (χ1n) is 11.5. The Morgan fingerprint density at radius 1 is 1.22 bits per heavy atom. The molecule has 196 valence electrons. The van der Waals surface area contributed by atoms with Gasteiger partial charge in [0.25, 0.3) is 5.91 Å². The van der Waals surface area contributed by atoms with Crippen LogP contribution in [0.4, 0.5) is 13.9 Å². The molecule has 0 bridgehead atoms. The zero-order valence-electron chi connectivity index (χ0n) is 20.9. The molecule has 0 saturated carbocycles.